The first-order chi connectivity index (χ1) is 9.23. The average molecular weight is 286 g/mol. The number of rotatable bonds is 2. The highest BCUT2D eigenvalue weighted by molar-refractivity contribution is 6.00. The van der Waals surface area contributed by atoms with Crippen LogP contribution in [0.3, 0.4) is 0 Å². The summed E-state index contributed by atoms with van der Waals surface area (Å²) >= 11 is 0. The molecule has 0 saturated carbocycles. The Kier molecular flexibility index (Phi) is 3.91. The maximum absolute atomic E-state index is 13.0. The molecule has 4 atom stereocenters. The molecule has 1 aliphatic rings. The lowest BCUT2D eigenvalue weighted by atomic mass is 9.82. The van der Waals surface area contributed by atoms with Crippen molar-refractivity contribution in [2.75, 3.05) is 0 Å². The van der Waals surface area contributed by atoms with Gasteiger partial charge in [0, 0.05) is 5.56 Å². The summed E-state index contributed by atoms with van der Waals surface area (Å²) in [5.74, 6) is -1.12. The second-order valence-electron chi connectivity index (χ2n) is 5.34. The van der Waals surface area contributed by atoms with E-state index in [0.29, 0.717) is 0 Å². The minimum Gasteiger partial charge on any atom is -0.374 e. The lowest BCUT2D eigenvalue weighted by molar-refractivity contribution is -0.138. The third kappa shape index (κ3) is 2.59. The predicted octanol–water partition coefficient (Wildman–Crippen LogP) is 3.95. The van der Waals surface area contributed by atoms with Gasteiger partial charge in [0.1, 0.15) is 0 Å². The Morgan fingerprint density at radius 3 is 2.20 bits per heavy atom. The fraction of sp³-hybridized carbons (Fsp3) is 0.533. The smallest absolute Gasteiger partial charge is 0.374 e. The van der Waals surface area contributed by atoms with E-state index in [9.17, 15) is 18.0 Å². The number of halogens is 3. The van der Waals surface area contributed by atoms with Crippen molar-refractivity contribution >= 4 is 5.78 Å². The molecule has 20 heavy (non-hydrogen) atoms. The third-order valence-electron chi connectivity index (χ3n) is 4.04. The zero-order valence-corrected chi connectivity index (χ0v) is 11.6. The number of ether oxygens (including phenoxy) is 1. The van der Waals surface area contributed by atoms with E-state index < -0.39 is 23.4 Å². The molecule has 0 aromatic heterocycles. The molecule has 0 N–H and O–H groups in total. The maximum atomic E-state index is 13.0. The van der Waals surface area contributed by atoms with Crippen LogP contribution in [0, 0.1) is 11.8 Å². The summed E-state index contributed by atoms with van der Waals surface area (Å²) in [7, 11) is 0. The molecule has 110 valence electrons. The summed E-state index contributed by atoms with van der Waals surface area (Å²) in [6.45, 7) is 5.41. The van der Waals surface area contributed by atoms with Gasteiger partial charge in [-0.15, -0.1) is 0 Å². The Morgan fingerprint density at radius 2 is 1.70 bits per heavy atom. The number of Topliss-reactive ketones (excluding diaryl/α,β-unsaturated/α-hetero) is 1. The number of carbonyl (C=O) groups is 1. The van der Waals surface area contributed by atoms with E-state index in [1.807, 2.05) is 13.8 Å². The molecule has 2 rings (SSSR count). The van der Waals surface area contributed by atoms with Crippen LogP contribution in [-0.2, 0) is 10.9 Å². The van der Waals surface area contributed by atoms with Crippen LogP contribution in [0.2, 0.25) is 0 Å². The molecule has 0 amide bonds. The van der Waals surface area contributed by atoms with E-state index >= 15 is 0 Å². The fourth-order valence-corrected chi connectivity index (χ4v) is 2.84. The zero-order chi connectivity index (χ0) is 15.1. The summed E-state index contributed by atoms with van der Waals surface area (Å²) in [6.07, 6.45) is -5.02. The van der Waals surface area contributed by atoms with Crippen molar-refractivity contribution in [3.8, 4) is 0 Å². The van der Waals surface area contributed by atoms with Gasteiger partial charge in [-0.25, -0.2) is 0 Å². The van der Waals surface area contributed by atoms with E-state index in [-0.39, 0.29) is 23.7 Å². The van der Waals surface area contributed by atoms with Crippen LogP contribution in [0.1, 0.15) is 36.7 Å². The van der Waals surface area contributed by atoms with Crippen molar-refractivity contribution in [3.63, 3.8) is 0 Å². The Balaban J connectivity index is 2.40. The van der Waals surface area contributed by atoms with Gasteiger partial charge in [-0.3, -0.25) is 4.79 Å². The van der Waals surface area contributed by atoms with Gasteiger partial charge >= 0.3 is 6.18 Å². The zero-order valence-electron chi connectivity index (χ0n) is 11.6. The monoisotopic (exact) mass is 286 g/mol. The quantitative estimate of drug-likeness (QED) is 0.770. The number of benzene rings is 1. The molecule has 1 heterocycles. The Hall–Kier alpha value is -1.36. The Bertz CT molecular complexity index is 510. The lowest BCUT2D eigenvalue weighted by Crippen LogP contribution is -2.28. The van der Waals surface area contributed by atoms with Crippen molar-refractivity contribution in [3.05, 3.63) is 35.4 Å². The number of alkyl halides is 3. The molecule has 1 saturated heterocycles. The number of ketones is 1. The summed E-state index contributed by atoms with van der Waals surface area (Å²) in [4.78, 5) is 12.5. The first-order valence-electron chi connectivity index (χ1n) is 6.59. The molecular formula is C15H17F3O2. The van der Waals surface area contributed by atoms with Gasteiger partial charge in [-0.2, -0.15) is 13.2 Å². The molecule has 1 aliphatic heterocycles. The Morgan fingerprint density at radius 1 is 1.10 bits per heavy atom. The SMILES string of the molecule is CC1OC(C)C(C(=O)c2ccccc2C(F)(F)F)C1C. The highest BCUT2D eigenvalue weighted by Crippen LogP contribution is 2.38. The predicted molar refractivity (Wildman–Crippen MR) is 68.4 cm³/mol. The molecule has 1 aromatic rings. The molecule has 0 bridgehead atoms. The molecule has 1 aromatic carbocycles. The molecule has 4 unspecified atom stereocenters. The minimum atomic E-state index is -4.52. The van der Waals surface area contributed by atoms with Crippen molar-refractivity contribution < 1.29 is 22.7 Å². The third-order valence-corrected chi connectivity index (χ3v) is 4.04. The minimum absolute atomic E-state index is 0.0983. The van der Waals surface area contributed by atoms with Crippen molar-refractivity contribution in [2.45, 2.75) is 39.2 Å². The summed E-state index contributed by atoms with van der Waals surface area (Å²) in [6, 6.07) is 4.94. The molecule has 0 spiro atoms. The highest BCUT2D eigenvalue weighted by Gasteiger charge is 2.44. The van der Waals surface area contributed by atoms with Crippen molar-refractivity contribution in [1.29, 1.82) is 0 Å². The normalized spacial score (nSPS) is 30.5. The number of carbonyl (C=O) groups excluding carboxylic acids is 1. The standard InChI is InChI=1S/C15H17F3O2/c1-8-9(2)20-10(3)13(8)14(19)11-6-4-5-7-12(11)15(16,17)18/h4-10,13H,1-3H3. The molecule has 5 heteroatoms. The number of hydrogen-bond acceptors (Lipinski definition) is 2. The molecule has 1 fully saturated rings. The van der Waals surface area contributed by atoms with Gasteiger partial charge in [0.15, 0.2) is 5.78 Å². The van der Waals surface area contributed by atoms with E-state index in [2.05, 4.69) is 0 Å². The van der Waals surface area contributed by atoms with Crippen molar-refractivity contribution in [1.82, 2.24) is 0 Å². The summed E-state index contributed by atoms with van der Waals surface area (Å²) < 4.78 is 44.5. The summed E-state index contributed by atoms with van der Waals surface area (Å²) in [5, 5.41) is 0. The van der Waals surface area contributed by atoms with Crippen LogP contribution in [0.25, 0.3) is 0 Å². The molecule has 0 aliphatic carbocycles. The molecule has 2 nitrogen and oxygen atoms in total. The fourth-order valence-electron chi connectivity index (χ4n) is 2.84. The van der Waals surface area contributed by atoms with E-state index in [4.69, 9.17) is 4.74 Å². The summed E-state index contributed by atoms with van der Waals surface area (Å²) in [5.41, 5.74) is -1.13. The van der Waals surface area contributed by atoms with Crippen LogP contribution in [0.4, 0.5) is 13.2 Å². The van der Waals surface area contributed by atoms with Gasteiger partial charge in [-0.05, 0) is 25.8 Å². The second-order valence-corrected chi connectivity index (χ2v) is 5.34. The average Bonchev–Trinajstić information content (AvgIpc) is 2.61. The molecular weight excluding hydrogens is 269 g/mol. The van der Waals surface area contributed by atoms with Gasteiger partial charge in [0.25, 0.3) is 0 Å². The van der Waals surface area contributed by atoms with Crippen LogP contribution in [-0.4, -0.2) is 18.0 Å². The van der Waals surface area contributed by atoms with E-state index in [1.165, 1.54) is 18.2 Å². The topological polar surface area (TPSA) is 26.3 Å². The first kappa shape index (κ1) is 15.0. The van der Waals surface area contributed by atoms with Gasteiger partial charge in [-0.1, -0.05) is 25.1 Å². The highest BCUT2D eigenvalue weighted by atomic mass is 19.4. The number of hydrogen-bond donors (Lipinski definition) is 0. The van der Waals surface area contributed by atoms with E-state index in [0.717, 1.165) is 6.07 Å². The lowest BCUT2D eigenvalue weighted by Gasteiger charge is -2.19. The van der Waals surface area contributed by atoms with Gasteiger partial charge < -0.3 is 4.74 Å². The van der Waals surface area contributed by atoms with E-state index in [1.54, 1.807) is 6.92 Å². The first-order valence-corrected chi connectivity index (χ1v) is 6.59. The van der Waals surface area contributed by atoms with Crippen molar-refractivity contribution in [2.24, 2.45) is 11.8 Å². The van der Waals surface area contributed by atoms with Gasteiger partial charge in [0.05, 0.1) is 23.7 Å². The van der Waals surface area contributed by atoms with Crippen LogP contribution in [0.5, 0.6) is 0 Å². The van der Waals surface area contributed by atoms with Crippen LogP contribution >= 0.6 is 0 Å². The molecule has 0 radical (unpaired) electrons. The second kappa shape index (κ2) is 5.20. The van der Waals surface area contributed by atoms with Crippen LogP contribution < -0.4 is 0 Å². The largest absolute Gasteiger partial charge is 0.417 e. The maximum Gasteiger partial charge on any atom is 0.417 e. The van der Waals surface area contributed by atoms with Gasteiger partial charge in [0.2, 0.25) is 0 Å². The van der Waals surface area contributed by atoms with Crippen LogP contribution in [0.15, 0.2) is 24.3 Å². The Labute approximate surface area is 115 Å².